The highest BCUT2D eigenvalue weighted by molar-refractivity contribution is 5.80. The van der Waals surface area contributed by atoms with E-state index < -0.39 is 35.8 Å². The summed E-state index contributed by atoms with van der Waals surface area (Å²) in [6, 6.07) is 6.95. The van der Waals surface area contributed by atoms with Gasteiger partial charge in [-0.1, -0.05) is 0 Å². The number of ether oxygens (including phenoxy) is 2. The number of benzene rings is 2. The first-order valence-corrected chi connectivity index (χ1v) is 12.2. The quantitative estimate of drug-likeness (QED) is 0.173. The lowest BCUT2D eigenvalue weighted by Crippen LogP contribution is -2.46. The first-order valence-electron chi connectivity index (χ1n) is 12.2. The van der Waals surface area contributed by atoms with Crippen LogP contribution in [0.25, 0.3) is 0 Å². The van der Waals surface area contributed by atoms with Gasteiger partial charge < -0.3 is 19.7 Å². The van der Waals surface area contributed by atoms with Crippen molar-refractivity contribution in [3.05, 3.63) is 59.4 Å². The van der Waals surface area contributed by atoms with Gasteiger partial charge in [0.15, 0.2) is 0 Å². The highest BCUT2D eigenvalue weighted by Crippen LogP contribution is 2.34. The van der Waals surface area contributed by atoms with Crippen molar-refractivity contribution in [3.63, 3.8) is 0 Å². The van der Waals surface area contributed by atoms with Crippen LogP contribution in [0, 0.1) is 5.82 Å². The number of anilines is 4. The average molecular weight is 605 g/mol. The summed E-state index contributed by atoms with van der Waals surface area (Å²) in [6.07, 6.45) is -12.7. The Labute approximate surface area is 233 Å². The molecule has 1 aliphatic heterocycles. The topological polar surface area (TPSA) is 96.8 Å². The number of hydrazone groups is 1. The molecule has 1 aromatic heterocycles. The van der Waals surface area contributed by atoms with Crippen LogP contribution in [-0.2, 0) is 10.9 Å². The summed E-state index contributed by atoms with van der Waals surface area (Å²) in [5, 5.41) is 6.58. The molecule has 0 amide bonds. The Morgan fingerprint density at radius 2 is 1.62 bits per heavy atom. The number of alkyl halides is 7. The molecule has 0 radical (unpaired) electrons. The van der Waals surface area contributed by atoms with Crippen molar-refractivity contribution in [3.8, 4) is 5.75 Å². The molecule has 2 unspecified atom stereocenters. The fourth-order valence-corrected chi connectivity index (χ4v) is 3.89. The molecule has 17 heteroatoms. The van der Waals surface area contributed by atoms with Crippen molar-refractivity contribution in [1.29, 1.82) is 0 Å². The second-order valence-electron chi connectivity index (χ2n) is 9.17. The SMILES string of the molecule is CC1CN(c2nc(N/N=C/c3ccc(OC(F)(F)C(F)F)cc3)nc(Nc3ccc(F)c(C(F)(F)F)c3)n2)CC(C)O1. The van der Waals surface area contributed by atoms with Crippen LogP contribution in [0.2, 0.25) is 0 Å². The molecule has 9 nitrogen and oxygen atoms in total. The number of hydrogen-bond acceptors (Lipinski definition) is 9. The molecular weight excluding hydrogens is 582 g/mol. The van der Waals surface area contributed by atoms with E-state index in [-0.39, 0.29) is 35.7 Å². The van der Waals surface area contributed by atoms with Crippen molar-refractivity contribution in [1.82, 2.24) is 15.0 Å². The molecule has 4 rings (SSSR count). The summed E-state index contributed by atoms with van der Waals surface area (Å²) in [5.41, 5.74) is 1.29. The lowest BCUT2D eigenvalue weighted by Gasteiger charge is -2.35. The van der Waals surface area contributed by atoms with Crippen molar-refractivity contribution < 1.29 is 44.6 Å². The summed E-state index contributed by atoms with van der Waals surface area (Å²) in [5.74, 6) is -2.09. The van der Waals surface area contributed by atoms with E-state index in [4.69, 9.17) is 4.74 Å². The third kappa shape index (κ3) is 7.92. The third-order valence-corrected chi connectivity index (χ3v) is 5.62. The summed E-state index contributed by atoms with van der Waals surface area (Å²) < 4.78 is 114. The van der Waals surface area contributed by atoms with E-state index in [0.717, 1.165) is 18.2 Å². The van der Waals surface area contributed by atoms with Gasteiger partial charge in [0.05, 0.1) is 24.0 Å². The molecule has 0 bridgehead atoms. The Hall–Kier alpha value is -4.28. The standard InChI is InChI=1S/C25H23F8N7O2/c1-13-11-40(12-14(2)41-13)23-37-21(35-16-5-8-19(26)18(9-16)24(29,30)31)36-22(38-23)39-34-10-15-3-6-17(7-4-15)42-25(32,33)20(27)28/h3-10,13-14,20H,11-12H2,1-2H3,(H2,35,36,37,38,39)/b34-10+. The number of nitrogens with one attached hydrogen (secondary N) is 2. The molecular formula is C25H23F8N7O2. The Morgan fingerprint density at radius 3 is 2.24 bits per heavy atom. The monoisotopic (exact) mass is 605 g/mol. The molecule has 0 spiro atoms. The number of morpholine rings is 1. The smallest absolute Gasteiger partial charge is 0.428 e. The molecule has 1 saturated heterocycles. The van der Waals surface area contributed by atoms with Gasteiger partial charge in [0.1, 0.15) is 11.6 Å². The van der Waals surface area contributed by atoms with E-state index in [9.17, 15) is 35.1 Å². The van der Waals surface area contributed by atoms with E-state index in [1.165, 1.54) is 18.3 Å². The summed E-state index contributed by atoms with van der Waals surface area (Å²) >= 11 is 0. The Balaban J connectivity index is 1.56. The predicted molar refractivity (Wildman–Crippen MR) is 136 cm³/mol. The van der Waals surface area contributed by atoms with Crippen molar-refractivity contribution in [2.75, 3.05) is 28.7 Å². The van der Waals surface area contributed by atoms with Crippen LogP contribution in [-0.4, -0.2) is 59.0 Å². The molecule has 0 saturated carbocycles. The fraction of sp³-hybridized carbons (Fsp3) is 0.360. The van der Waals surface area contributed by atoms with Gasteiger partial charge in [0.25, 0.3) is 0 Å². The van der Waals surface area contributed by atoms with Crippen LogP contribution in [0.3, 0.4) is 0 Å². The minimum absolute atomic E-state index is 0.125. The van der Waals surface area contributed by atoms with Crippen molar-refractivity contribution in [2.45, 2.75) is 44.8 Å². The second kappa shape index (κ2) is 12.3. The van der Waals surface area contributed by atoms with Gasteiger partial charge >= 0.3 is 18.7 Å². The number of rotatable bonds is 9. The predicted octanol–water partition coefficient (Wildman–Crippen LogP) is 6.07. The first kappa shape index (κ1) is 30.7. The number of nitrogens with zero attached hydrogens (tertiary/aromatic N) is 5. The summed E-state index contributed by atoms with van der Waals surface area (Å²) in [7, 11) is 0. The molecule has 42 heavy (non-hydrogen) atoms. The molecule has 1 aliphatic rings. The van der Waals surface area contributed by atoms with E-state index in [0.29, 0.717) is 30.8 Å². The van der Waals surface area contributed by atoms with Gasteiger partial charge in [-0.05, 0) is 61.9 Å². The molecule has 0 aliphatic carbocycles. The van der Waals surface area contributed by atoms with Gasteiger partial charge in [-0.25, -0.2) is 9.82 Å². The lowest BCUT2D eigenvalue weighted by molar-refractivity contribution is -0.253. The van der Waals surface area contributed by atoms with E-state index in [2.05, 4.69) is 35.5 Å². The molecule has 2 heterocycles. The number of aromatic nitrogens is 3. The van der Waals surface area contributed by atoms with Gasteiger partial charge in [-0.2, -0.15) is 50.8 Å². The van der Waals surface area contributed by atoms with Crippen LogP contribution in [0.5, 0.6) is 5.75 Å². The Bertz CT molecular complexity index is 1400. The largest absolute Gasteiger partial charge is 0.461 e. The van der Waals surface area contributed by atoms with E-state index in [1.807, 2.05) is 13.8 Å². The number of halogens is 8. The Kier molecular flexibility index (Phi) is 8.98. The lowest BCUT2D eigenvalue weighted by atomic mass is 10.2. The highest BCUT2D eigenvalue weighted by atomic mass is 19.4. The van der Waals surface area contributed by atoms with Crippen LogP contribution in [0.15, 0.2) is 47.6 Å². The molecule has 3 aromatic rings. The molecule has 2 atom stereocenters. The maximum absolute atomic E-state index is 13.8. The maximum atomic E-state index is 13.8. The number of hydrogen-bond donors (Lipinski definition) is 2. The van der Waals surface area contributed by atoms with Gasteiger partial charge in [0, 0.05) is 18.8 Å². The zero-order valence-electron chi connectivity index (χ0n) is 21.8. The molecule has 1 fully saturated rings. The van der Waals surface area contributed by atoms with Crippen molar-refractivity contribution >= 4 is 29.7 Å². The van der Waals surface area contributed by atoms with Gasteiger partial charge in [0.2, 0.25) is 17.8 Å². The normalized spacial score (nSPS) is 18.0. The summed E-state index contributed by atoms with van der Waals surface area (Å²) in [4.78, 5) is 14.5. The van der Waals surface area contributed by atoms with Gasteiger partial charge in [-0.15, -0.1) is 0 Å². The summed E-state index contributed by atoms with van der Waals surface area (Å²) in [6.45, 7) is 4.47. The zero-order chi connectivity index (χ0) is 30.7. The minimum Gasteiger partial charge on any atom is -0.428 e. The first-order chi connectivity index (χ1) is 19.7. The average Bonchev–Trinajstić information content (AvgIpc) is 2.89. The molecule has 2 N–H and O–H groups in total. The van der Waals surface area contributed by atoms with E-state index >= 15 is 0 Å². The van der Waals surface area contributed by atoms with Crippen molar-refractivity contribution in [2.24, 2.45) is 5.10 Å². The van der Waals surface area contributed by atoms with Crippen LogP contribution < -0.4 is 20.4 Å². The van der Waals surface area contributed by atoms with Crippen LogP contribution >= 0.6 is 0 Å². The second-order valence-corrected chi connectivity index (χ2v) is 9.17. The fourth-order valence-electron chi connectivity index (χ4n) is 3.89. The van der Waals surface area contributed by atoms with Crippen LogP contribution in [0.4, 0.5) is 58.7 Å². The molecule has 226 valence electrons. The van der Waals surface area contributed by atoms with Crippen LogP contribution in [0.1, 0.15) is 25.0 Å². The Morgan fingerprint density at radius 1 is 0.976 bits per heavy atom. The third-order valence-electron chi connectivity index (χ3n) is 5.62. The zero-order valence-corrected chi connectivity index (χ0v) is 21.8. The highest BCUT2D eigenvalue weighted by Gasteiger charge is 2.44. The van der Waals surface area contributed by atoms with Gasteiger partial charge in [-0.3, -0.25) is 0 Å². The minimum atomic E-state index is -4.93. The molecule has 2 aromatic carbocycles. The maximum Gasteiger partial charge on any atom is 0.461 e. The van der Waals surface area contributed by atoms with E-state index in [1.54, 1.807) is 4.90 Å².